The Balaban J connectivity index is 2.57. The minimum Gasteiger partial charge on any atom is -0.495 e. The van der Waals surface area contributed by atoms with Crippen LogP contribution in [0.5, 0.6) is 28.7 Å². The van der Waals surface area contributed by atoms with E-state index in [9.17, 15) is 4.79 Å². The van der Waals surface area contributed by atoms with E-state index in [4.69, 9.17) is 23.7 Å². The van der Waals surface area contributed by atoms with E-state index in [2.05, 4.69) is 11.8 Å². The number of rotatable bonds is 6. The van der Waals surface area contributed by atoms with Crippen molar-refractivity contribution in [2.24, 2.45) is 0 Å². The summed E-state index contributed by atoms with van der Waals surface area (Å²) >= 11 is 0. The summed E-state index contributed by atoms with van der Waals surface area (Å²) in [5, 5.41) is 0. The molecule has 0 amide bonds. The third kappa shape index (κ3) is 3.83. The molecule has 0 radical (unpaired) electrons. The molecule has 0 aliphatic carbocycles. The standard InChI is InChI=1S/C20H20O6/c1-22-16-11-20(26-5)18(24-3)9-14(16)7-6-13-8-17(23-2)19(25-4)10-15(13)12-21/h8-12H,1-5H3. The van der Waals surface area contributed by atoms with Crippen LogP contribution in [-0.2, 0) is 0 Å². The molecule has 0 aliphatic heterocycles. The van der Waals surface area contributed by atoms with Gasteiger partial charge in [-0.2, -0.15) is 0 Å². The lowest BCUT2D eigenvalue weighted by Gasteiger charge is -2.11. The maximum absolute atomic E-state index is 11.4. The molecule has 0 aliphatic rings. The third-order valence-electron chi connectivity index (χ3n) is 3.72. The third-order valence-corrected chi connectivity index (χ3v) is 3.72. The van der Waals surface area contributed by atoms with E-state index in [0.29, 0.717) is 45.4 Å². The van der Waals surface area contributed by atoms with E-state index >= 15 is 0 Å². The topological polar surface area (TPSA) is 63.2 Å². The van der Waals surface area contributed by atoms with Crippen LogP contribution < -0.4 is 23.7 Å². The van der Waals surface area contributed by atoms with Crippen molar-refractivity contribution in [1.82, 2.24) is 0 Å². The van der Waals surface area contributed by atoms with Gasteiger partial charge in [-0.1, -0.05) is 11.8 Å². The van der Waals surface area contributed by atoms with E-state index < -0.39 is 0 Å². The van der Waals surface area contributed by atoms with Crippen LogP contribution in [0.4, 0.5) is 0 Å². The van der Waals surface area contributed by atoms with Gasteiger partial charge in [0.15, 0.2) is 29.3 Å². The van der Waals surface area contributed by atoms with Crippen molar-refractivity contribution < 1.29 is 28.5 Å². The van der Waals surface area contributed by atoms with Crippen molar-refractivity contribution in [2.75, 3.05) is 35.5 Å². The number of hydrogen-bond acceptors (Lipinski definition) is 6. The second-order valence-electron chi connectivity index (χ2n) is 5.07. The molecular weight excluding hydrogens is 336 g/mol. The largest absolute Gasteiger partial charge is 0.495 e. The molecule has 0 bridgehead atoms. The van der Waals surface area contributed by atoms with Crippen molar-refractivity contribution in [2.45, 2.75) is 0 Å². The molecule has 0 aromatic heterocycles. The summed E-state index contributed by atoms with van der Waals surface area (Å²) < 4.78 is 26.4. The highest BCUT2D eigenvalue weighted by molar-refractivity contribution is 5.81. The summed E-state index contributed by atoms with van der Waals surface area (Å²) in [7, 11) is 7.65. The van der Waals surface area contributed by atoms with Gasteiger partial charge >= 0.3 is 0 Å². The van der Waals surface area contributed by atoms with Gasteiger partial charge in [-0.3, -0.25) is 4.79 Å². The predicted molar refractivity (Wildman–Crippen MR) is 97.0 cm³/mol. The molecule has 0 unspecified atom stereocenters. The number of hydrogen-bond donors (Lipinski definition) is 0. The van der Waals surface area contributed by atoms with Gasteiger partial charge < -0.3 is 23.7 Å². The van der Waals surface area contributed by atoms with Gasteiger partial charge in [0.05, 0.1) is 41.1 Å². The molecule has 0 spiro atoms. The number of methoxy groups -OCH3 is 5. The lowest BCUT2D eigenvalue weighted by molar-refractivity contribution is 0.112. The van der Waals surface area contributed by atoms with Gasteiger partial charge in [-0.15, -0.1) is 0 Å². The minimum atomic E-state index is 0.398. The number of aldehydes is 1. The SMILES string of the molecule is COc1cc(OC)c(OC)cc1C#Cc1cc(OC)c(OC)cc1C=O. The molecule has 26 heavy (non-hydrogen) atoms. The van der Waals surface area contributed by atoms with Crippen molar-refractivity contribution in [3.05, 3.63) is 41.0 Å². The quantitative estimate of drug-likeness (QED) is 0.586. The Morgan fingerprint density at radius 1 is 0.615 bits per heavy atom. The van der Waals surface area contributed by atoms with Crippen molar-refractivity contribution in [3.8, 4) is 40.6 Å². The van der Waals surface area contributed by atoms with Gasteiger partial charge in [-0.05, 0) is 6.07 Å². The second-order valence-corrected chi connectivity index (χ2v) is 5.07. The van der Waals surface area contributed by atoms with Crippen LogP contribution in [0, 0.1) is 11.8 Å². The van der Waals surface area contributed by atoms with E-state index in [0.717, 1.165) is 6.29 Å². The fourth-order valence-electron chi connectivity index (χ4n) is 2.36. The zero-order valence-electron chi connectivity index (χ0n) is 15.3. The number of benzene rings is 2. The highest BCUT2D eigenvalue weighted by Crippen LogP contribution is 2.34. The van der Waals surface area contributed by atoms with Gasteiger partial charge in [-0.25, -0.2) is 0 Å². The first-order chi connectivity index (χ1) is 12.6. The molecule has 2 aromatic rings. The summed E-state index contributed by atoms with van der Waals surface area (Å²) in [6, 6.07) is 6.65. The van der Waals surface area contributed by atoms with Gasteiger partial charge in [0, 0.05) is 29.3 Å². The highest BCUT2D eigenvalue weighted by Gasteiger charge is 2.12. The zero-order valence-corrected chi connectivity index (χ0v) is 15.3. The Kier molecular flexibility index (Phi) is 6.34. The number of carbonyl (C=O) groups is 1. The molecule has 0 saturated carbocycles. The van der Waals surface area contributed by atoms with Crippen LogP contribution in [-0.4, -0.2) is 41.8 Å². The normalized spacial score (nSPS) is 9.58. The Bertz CT molecular complexity index is 861. The molecule has 0 saturated heterocycles. The van der Waals surface area contributed by atoms with E-state index in [1.807, 2.05) is 0 Å². The van der Waals surface area contributed by atoms with Crippen molar-refractivity contribution >= 4 is 6.29 Å². The summed E-state index contributed by atoms with van der Waals surface area (Å²) in [5.74, 6) is 8.53. The van der Waals surface area contributed by atoms with E-state index in [1.54, 1.807) is 45.6 Å². The summed E-state index contributed by atoms with van der Waals surface area (Å²) in [5.41, 5.74) is 1.50. The lowest BCUT2D eigenvalue weighted by atomic mass is 10.1. The lowest BCUT2D eigenvalue weighted by Crippen LogP contribution is -1.96. The monoisotopic (exact) mass is 356 g/mol. The zero-order chi connectivity index (χ0) is 19.1. The van der Waals surface area contributed by atoms with Crippen molar-refractivity contribution in [3.63, 3.8) is 0 Å². The fraction of sp³-hybridized carbons (Fsp3) is 0.250. The average Bonchev–Trinajstić information content (AvgIpc) is 2.70. The Hall–Kier alpha value is -3.33. The van der Waals surface area contributed by atoms with Crippen LogP contribution in [0.25, 0.3) is 0 Å². The smallest absolute Gasteiger partial charge is 0.164 e. The summed E-state index contributed by atoms with van der Waals surface area (Å²) in [4.78, 5) is 11.4. The van der Waals surface area contributed by atoms with Crippen LogP contribution in [0.1, 0.15) is 21.5 Å². The minimum absolute atomic E-state index is 0.398. The molecule has 0 heterocycles. The molecule has 2 aromatic carbocycles. The number of ether oxygens (including phenoxy) is 5. The molecule has 0 fully saturated rings. The maximum atomic E-state index is 11.4. The summed E-state index contributed by atoms with van der Waals surface area (Å²) in [6.45, 7) is 0. The average molecular weight is 356 g/mol. The first-order valence-electron chi connectivity index (χ1n) is 7.65. The van der Waals surface area contributed by atoms with E-state index in [1.165, 1.54) is 14.2 Å². The van der Waals surface area contributed by atoms with Crippen LogP contribution >= 0.6 is 0 Å². The maximum Gasteiger partial charge on any atom is 0.164 e. The van der Waals surface area contributed by atoms with Gasteiger partial charge in [0.2, 0.25) is 0 Å². The first kappa shape index (κ1) is 19.0. The van der Waals surface area contributed by atoms with Crippen molar-refractivity contribution in [1.29, 1.82) is 0 Å². The summed E-state index contributed by atoms with van der Waals surface area (Å²) in [6.07, 6.45) is 0.720. The Morgan fingerprint density at radius 3 is 1.54 bits per heavy atom. The Labute approximate surface area is 152 Å². The molecule has 6 nitrogen and oxygen atoms in total. The van der Waals surface area contributed by atoms with Crippen LogP contribution in [0.2, 0.25) is 0 Å². The number of carbonyl (C=O) groups excluding carboxylic acids is 1. The van der Waals surface area contributed by atoms with E-state index in [-0.39, 0.29) is 0 Å². The molecule has 136 valence electrons. The second kappa shape index (κ2) is 8.67. The molecular formula is C20H20O6. The first-order valence-corrected chi connectivity index (χ1v) is 7.65. The highest BCUT2D eigenvalue weighted by atomic mass is 16.5. The van der Waals surface area contributed by atoms with Crippen LogP contribution in [0.3, 0.4) is 0 Å². The van der Waals surface area contributed by atoms with Crippen LogP contribution in [0.15, 0.2) is 24.3 Å². The fourth-order valence-corrected chi connectivity index (χ4v) is 2.36. The van der Waals surface area contributed by atoms with Gasteiger partial charge in [0.25, 0.3) is 0 Å². The molecule has 6 heteroatoms. The molecule has 0 atom stereocenters. The van der Waals surface area contributed by atoms with Gasteiger partial charge in [0.1, 0.15) is 5.75 Å². The Morgan fingerprint density at radius 2 is 1.04 bits per heavy atom. The predicted octanol–water partition coefficient (Wildman–Crippen LogP) is 2.94. The molecule has 2 rings (SSSR count). The molecule has 0 N–H and O–H groups in total.